The average molecular weight is 422 g/mol. The van der Waals surface area contributed by atoms with Crippen LogP contribution in [-0.2, 0) is 18.8 Å². The molecule has 0 aliphatic carbocycles. The minimum atomic E-state index is -3.75. The van der Waals surface area contributed by atoms with Gasteiger partial charge in [0.15, 0.2) is 0 Å². The molecule has 156 valence electrons. The van der Waals surface area contributed by atoms with Crippen molar-refractivity contribution >= 4 is 34.7 Å². The molecule has 0 amide bonds. The van der Waals surface area contributed by atoms with Crippen LogP contribution in [0.3, 0.4) is 0 Å². The zero-order valence-electron chi connectivity index (χ0n) is 17.5. The van der Waals surface area contributed by atoms with Gasteiger partial charge in [-0.05, 0) is 0 Å². The molecule has 0 saturated heterocycles. The third-order valence-corrected chi connectivity index (χ3v) is 12.0. The van der Waals surface area contributed by atoms with Gasteiger partial charge in [-0.15, -0.1) is 0 Å². The van der Waals surface area contributed by atoms with Crippen LogP contribution in [0.4, 0.5) is 0 Å². The topological polar surface area (TPSA) is 52.6 Å². The summed E-state index contributed by atoms with van der Waals surface area (Å²) in [6, 6.07) is 29.8. The Morgan fingerprint density at radius 2 is 1.10 bits per heavy atom. The Hall–Kier alpha value is -2.97. The van der Waals surface area contributed by atoms with E-state index in [9.17, 15) is 9.59 Å². The maximum absolute atomic E-state index is 13.1. The summed E-state index contributed by atoms with van der Waals surface area (Å²) in [5, 5.41) is 2.85. The number of esters is 1. The summed E-state index contributed by atoms with van der Waals surface area (Å²) in [7, 11) is 0. The maximum atomic E-state index is 13.1. The van der Waals surface area contributed by atoms with Crippen LogP contribution >= 0.6 is 6.83 Å². The number of hydrogen-bond donors (Lipinski definition) is 0. The van der Waals surface area contributed by atoms with E-state index in [-0.39, 0.29) is 5.66 Å². The van der Waals surface area contributed by atoms with E-state index in [0.717, 1.165) is 15.9 Å². The first-order valence-corrected chi connectivity index (χ1v) is 12.2. The van der Waals surface area contributed by atoms with Crippen molar-refractivity contribution in [2.45, 2.75) is 26.4 Å². The molecule has 0 N–H and O–H groups in total. The Balaban J connectivity index is 2.40. The first-order valence-electron chi connectivity index (χ1n) is 9.96. The van der Waals surface area contributed by atoms with E-state index in [1.54, 1.807) is 0 Å². The van der Waals surface area contributed by atoms with Gasteiger partial charge in [-0.25, -0.2) is 0 Å². The number of hydrogen-bond acceptors (Lipinski definition) is 4. The molecule has 0 atom stereocenters. The Bertz CT molecular complexity index is 902. The molecule has 0 radical (unpaired) electrons. The van der Waals surface area contributed by atoms with Crippen LogP contribution in [0.2, 0.25) is 0 Å². The molecule has 0 aliphatic heterocycles. The van der Waals surface area contributed by atoms with E-state index in [4.69, 9.17) is 9.26 Å². The van der Waals surface area contributed by atoms with E-state index < -0.39 is 25.4 Å². The fraction of sp³-hybridized carbons (Fsp3) is 0.200. The van der Waals surface area contributed by atoms with Crippen LogP contribution in [0.1, 0.15) is 20.8 Å². The van der Waals surface area contributed by atoms with Crippen LogP contribution < -0.4 is 15.9 Å². The molecular weight excluding hydrogens is 395 g/mol. The summed E-state index contributed by atoms with van der Waals surface area (Å²) in [5.74, 6) is -1.08. The molecule has 0 aliphatic rings. The minimum absolute atomic E-state index is 0.0653. The van der Waals surface area contributed by atoms with Gasteiger partial charge in [0.2, 0.25) is 0 Å². The molecule has 0 spiro atoms. The molecule has 30 heavy (non-hydrogen) atoms. The molecule has 0 fully saturated rings. The summed E-state index contributed by atoms with van der Waals surface area (Å²) in [4.78, 5) is 24.4. The van der Waals surface area contributed by atoms with Crippen molar-refractivity contribution in [1.29, 1.82) is 0 Å². The monoisotopic (exact) mass is 422 g/mol. The predicted octanol–water partition coefficient (Wildman–Crippen LogP) is 3.95. The van der Waals surface area contributed by atoms with Gasteiger partial charge in [-0.2, -0.15) is 0 Å². The summed E-state index contributed by atoms with van der Waals surface area (Å²) in [6.07, 6.45) is 0. The summed E-state index contributed by atoms with van der Waals surface area (Å²) >= 11 is 0. The first-order chi connectivity index (χ1) is 14.4. The van der Waals surface area contributed by atoms with Crippen LogP contribution in [0.25, 0.3) is 0 Å². The molecule has 0 bridgehead atoms. The van der Waals surface area contributed by atoms with Gasteiger partial charge < -0.3 is 0 Å². The fourth-order valence-corrected chi connectivity index (χ4v) is 10.2. The second-order valence-electron chi connectivity index (χ2n) is 7.45. The Morgan fingerprint density at radius 1 is 0.733 bits per heavy atom. The standard InChI is InChI=1S/C25H27O4P/c1-20(2)30(22-13-7-4-8-14-22,23-15-9-5-10-16-23,24-17-11-6-12-18-24)29-25(27)19-28-21(3)26/h4-18,20H,19H2,1-3H3. The molecule has 5 heteroatoms. The van der Waals surface area contributed by atoms with Gasteiger partial charge in [-0.3, -0.25) is 0 Å². The second kappa shape index (κ2) is 8.81. The van der Waals surface area contributed by atoms with E-state index in [0.29, 0.717) is 0 Å². The summed E-state index contributed by atoms with van der Waals surface area (Å²) < 4.78 is 11.6. The quantitative estimate of drug-likeness (QED) is 0.428. The van der Waals surface area contributed by atoms with Crippen LogP contribution in [0.5, 0.6) is 0 Å². The van der Waals surface area contributed by atoms with Crippen LogP contribution in [-0.4, -0.2) is 24.2 Å². The summed E-state index contributed by atoms with van der Waals surface area (Å²) in [6.45, 7) is 1.28. The Labute approximate surface area is 177 Å². The van der Waals surface area contributed by atoms with Gasteiger partial charge in [0.05, 0.1) is 0 Å². The SMILES string of the molecule is CC(=O)OCC(=O)OP(c1ccccc1)(c1ccccc1)(c1ccccc1)C(C)C. The van der Waals surface area contributed by atoms with Crippen molar-refractivity contribution < 1.29 is 18.8 Å². The molecular formula is C25H27O4P. The summed E-state index contributed by atoms with van der Waals surface area (Å²) in [5.41, 5.74) is -0.0653. The number of benzene rings is 3. The molecule has 3 aromatic carbocycles. The normalized spacial score (nSPS) is 12.6. The van der Waals surface area contributed by atoms with Crippen molar-refractivity contribution in [3.63, 3.8) is 0 Å². The Morgan fingerprint density at radius 3 is 1.40 bits per heavy atom. The predicted molar refractivity (Wildman–Crippen MR) is 123 cm³/mol. The van der Waals surface area contributed by atoms with Crippen molar-refractivity contribution in [3.8, 4) is 0 Å². The zero-order valence-corrected chi connectivity index (χ0v) is 18.4. The second-order valence-corrected chi connectivity index (χ2v) is 12.4. The molecule has 0 saturated carbocycles. The fourth-order valence-electron chi connectivity index (χ4n) is 4.18. The number of ether oxygens (including phenoxy) is 1. The van der Waals surface area contributed by atoms with E-state index in [1.807, 2.05) is 91.0 Å². The van der Waals surface area contributed by atoms with Crippen molar-refractivity contribution in [2.75, 3.05) is 6.61 Å². The molecule has 3 rings (SSSR count). The van der Waals surface area contributed by atoms with E-state index >= 15 is 0 Å². The van der Waals surface area contributed by atoms with Crippen molar-refractivity contribution in [2.24, 2.45) is 0 Å². The number of carbonyl (C=O) groups is 2. The number of carbonyl (C=O) groups excluding carboxylic acids is 2. The molecule has 0 heterocycles. The molecule has 0 aromatic heterocycles. The van der Waals surface area contributed by atoms with Gasteiger partial charge in [-0.1, -0.05) is 0 Å². The van der Waals surface area contributed by atoms with Crippen LogP contribution in [0, 0.1) is 0 Å². The third-order valence-electron chi connectivity index (χ3n) is 5.48. The number of rotatable bonds is 7. The average Bonchev–Trinajstić information content (AvgIpc) is 2.78. The first kappa shape index (κ1) is 21.7. The van der Waals surface area contributed by atoms with Crippen molar-refractivity contribution in [3.05, 3.63) is 91.0 Å². The molecule has 3 aromatic rings. The van der Waals surface area contributed by atoms with E-state index in [2.05, 4.69) is 13.8 Å². The molecule has 4 nitrogen and oxygen atoms in total. The Kier molecular flexibility index (Phi) is 6.38. The van der Waals surface area contributed by atoms with Gasteiger partial charge in [0.25, 0.3) is 0 Å². The van der Waals surface area contributed by atoms with Gasteiger partial charge in [0.1, 0.15) is 0 Å². The van der Waals surface area contributed by atoms with Crippen molar-refractivity contribution in [1.82, 2.24) is 0 Å². The van der Waals surface area contributed by atoms with Gasteiger partial charge >= 0.3 is 178 Å². The molecule has 0 unspecified atom stereocenters. The van der Waals surface area contributed by atoms with Crippen LogP contribution in [0.15, 0.2) is 91.0 Å². The third kappa shape index (κ3) is 3.53. The van der Waals surface area contributed by atoms with E-state index in [1.165, 1.54) is 6.92 Å². The zero-order chi connectivity index (χ0) is 21.6. The van der Waals surface area contributed by atoms with Gasteiger partial charge in [0, 0.05) is 0 Å².